The summed E-state index contributed by atoms with van der Waals surface area (Å²) in [6, 6.07) is 11.6. The highest BCUT2D eigenvalue weighted by molar-refractivity contribution is 5.99. The van der Waals surface area contributed by atoms with Crippen molar-refractivity contribution in [2.75, 3.05) is 11.4 Å². The van der Waals surface area contributed by atoms with Gasteiger partial charge in [-0.15, -0.1) is 8.78 Å². The summed E-state index contributed by atoms with van der Waals surface area (Å²) in [5.41, 5.74) is -1.13. The maximum absolute atomic E-state index is 15.2. The van der Waals surface area contributed by atoms with E-state index in [0.29, 0.717) is 5.56 Å². The molecule has 43 heavy (non-hydrogen) atoms. The number of likely N-dealkylation sites (N-methyl/N-ethyl adjacent to an activating group) is 1. The summed E-state index contributed by atoms with van der Waals surface area (Å²) >= 11 is 0. The topological polar surface area (TPSA) is 140 Å². The van der Waals surface area contributed by atoms with Crippen molar-refractivity contribution in [2.24, 2.45) is 0 Å². The second-order valence-corrected chi connectivity index (χ2v) is 10.6. The maximum Gasteiger partial charge on any atom is 0.586 e. The van der Waals surface area contributed by atoms with Gasteiger partial charge in [0.05, 0.1) is 22.7 Å². The van der Waals surface area contributed by atoms with E-state index >= 15 is 4.39 Å². The molecule has 0 atom stereocenters. The number of alkyl halides is 2. The number of nitriles is 1. The van der Waals surface area contributed by atoms with E-state index in [1.165, 1.54) is 19.1 Å². The summed E-state index contributed by atoms with van der Waals surface area (Å²) in [4.78, 5) is 40.7. The molecular weight excluding hydrogens is 571 g/mol. The fourth-order valence-corrected chi connectivity index (χ4v) is 4.50. The molecule has 0 fully saturated rings. The molecule has 0 saturated carbocycles. The molecule has 0 spiro atoms. The summed E-state index contributed by atoms with van der Waals surface area (Å²) < 4.78 is 57.4. The van der Waals surface area contributed by atoms with Crippen LogP contribution in [0.15, 0.2) is 51.7 Å². The highest BCUT2D eigenvalue weighted by atomic mass is 19.3. The van der Waals surface area contributed by atoms with Crippen molar-refractivity contribution in [3.8, 4) is 28.8 Å². The molecule has 0 saturated heterocycles. The Morgan fingerprint density at radius 2 is 1.91 bits per heavy atom. The number of amides is 2. The summed E-state index contributed by atoms with van der Waals surface area (Å²) in [5.74, 6) is -4.23. The number of fused-ring (bicyclic) bond motifs is 2. The number of nitrogens with zero attached hydrogens (tertiary/aromatic N) is 4. The van der Waals surface area contributed by atoms with E-state index in [1.807, 2.05) is 6.07 Å². The van der Waals surface area contributed by atoms with Crippen LogP contribution in [0.25, 0.3) is 22.2 Å². The lowest BCUT2D eigenvalue weighted by Gasteiger charge is -2.22. The first kappa shape index (κ1) is 29.2. The summed E-state index contributed by atoms with van der Waals surface area (Å²) in [5, 5.41) is 16.4. The number of aromatic nitrogens is 2. The molecule has 0 bridgehead atoms. The Morgan fingerprint density at radius 1 is 1.16 bits per heavy atom. The van der Waals surface area contributed by atoms with Crippen molar-refractivity contribution in [1.29, 1.82) is 5.26 Å². The molecule has 0 unspecified atom stereocenters. The Labute approximate surface area is 242 Å². The lowest BCUT2D eigenvalue weighted by molar-refractivity contribution is -0.287. The molecule has 2 aromatic carbocycles. The smallest absolute Gasteiger partial charge is 0.448 e. The van der Waals surface area contributed by atoms with Gasteiger partial charge in [-0.2, -0.15) is 10.4 Å². The Morgan fingerprint density at radius 3 is 2.58 bits per heavy atom. The number of anilines is 1. The molecule has 0 radical (unpaired) electrons. The Balaban J connectivity index is 1.58. The molecule has 3 heterocycles. The van der Waals surface area contributed by atoms with Crippen molar-refractivity contribution in [3.05, 3.63) is 70.0 Å². The molecule has 1 aliphatic rings. The number of furan rings is 1. The van der Waals surface area contributed by atoms with Gasteiger partial charge in [-0.3, -0.25) is 14.4 Å². The van der Waals surface area contributed by atoms with Crippen molar-refractivity contribution < 1.29 is 36.7 Å². The molecule has 11 nitrogen and oxygen atoms in total. The number of ether oxygens (including phenoxy) is 2. The largest absolute Gasteiger partial charge is 0.586 e. The minimum Gasteiger partial charge on any atom is -0.448 e. The number of hydrogen-bond donors (Lipinski definition) is 1. The number of halogens is 3. The van der Waals surface area contributed by atoms with Crippen LogP contribution in [-0.4, -0.2) is 40.0 Å². The first-order chi connectivity index (χ1) is 20.2. The molecule has 0 aliphatic carbocycles. The third-order valence-corrected chi connectivity index (χ3v) is 6.29. The molecular formula is C29H24F3N5O6. The average molecular weight is 596 g/mol. The van der Waals surface area contributed by atoms with Gasteiger partial charge in [0, 0.05) is 23.7 Å². The lowest BCUT2D eigenvalue weighted by atomic mass is 10.1. The van der Waals surface area contributed by atoms with Crippen molar-refractivity contribution in [1.82, 2.24) is 15.1 Å². The Bertz CT molecular complexity index is 1890. The van der Waals surface area contributed by atoms with Gasteiger partial charge in [-0.1, -0.05) is 12.1 Å². The molecule has 1 N–H and O–H groups in total. The summed E-state index contributed by atoms with van der Waals surface area (Å²) in [6.07, 6.45) is -4.07. The number of nitrogens with one attached hydrogen (secondary N) is 1. The van der Waals surface area contributed by atoms with Crippen molar-refractivity contribution >= 4 is 28.5 Å². The van der Waals surface area contributed by atoms with Gasteiger partial charge in [-0.05, 0) is 52.0 Å². The van der Waals surface area contributed by atoms with Crippen LogP contribution in [0, 0.1) is 17.1 Å². The minimum atomic E-state index is -4.07. The Kier molecular flexibility index (Phi) is 7.13. The first-order valence-electron chi connectivity index (χ1n) is 13.0. The molecule has 2 amide bonds. The van der Waals surface area contributed by atoms with Crippen LogP contribution >= 0.6 is 0 Å². The maximum atomic E-state index is 15.2. The van der Waals surface area contributed by atoms with E-state index in [1.54, 1.807) is 39.0 Å². The molecule has 1 aliphatic heterocycles. The van der Waals surface area contributed by atoms with E-state index in [0.717, 1.165) is 21.7 Å². The van der Waals surface area contributed by atoms with E-state index < -0.39 is 53.1 Å². The first-order valence-corrected chi connectivity index (χ1v) is 13.0. The highest BCUT2D eigenvalue weighted by Crippen LogP contribution is 2.45. The van der Waals surface area contributed by atoms with Gasteiger partial charge < -0.3 is 24.1 Å². The number of hydrogen-bond acceptors (Lipinski definition) is 8. The van der Waals surface area contributed by atoms with E-state index in [-0.39, 0.29) is 40.2 Å². The lowest BCUT2D eigenvalue weighted by Crippen LogP contribution is -2.40. The van der Waals surface area contributed by atoms with Crippen LogP contribution in [0.3, 0.4) is 0 Å². The number of carbonyl (C=O) groups is 2. The molecule has 2 aromatic heterocycles. The van der Waals surface area contributed by atoms with Gasteiger partial charge >= 0.3 is 6.29 Å². The third-order valence-electron chi connectivity index (χ3n) is 6.29. The van der Waals surface area contributed by atoms with Gasteiger partial charge in [0.15, 0.2) is 22.9 Å². The number of carbonyl (C=O) groups excluding carboxylic acids is 2. The predicted molar refractivity (Wildman–Crippen MR) is 146 cm³/mol. The standard InChI is InChI=1S/C29H24F3N5O6/c1-5-36(18-9-10-19-25(22(18)30)43-29(31,32)42-19)21(38)14-37-27(40)17-12-20(26(39)34-28(2,3)4)41-24(17)23(35-37)16-8-6-7-15(11-16)13-33/h6-12H,5,14H2,1-4H3,(H,34,39). The van der Waals surface area contributed by atoms with Crippen LogP contribution in [-0.2, 0) is 11.3 Å². The third kappa shape index (κ3) is 5.61. The monoisotopic (exact) mass is 595 g/mol. The summed E-state index contributed by atoms with van der Waals surface area (Å²) in [6.45, 7) is 6.00. The number of benzene rings is 2. The van der Waals surface area contributed by atoms with Crippen LogP contribution in [0.5, 0.6) is 11.5 Å². The molecule has 4 aromatic rings. The van der Waals surface area contributed by atoms with Crippen molar-refractivity contribution in [3.63, 3.8) is 0 Å². The SMILES string of the molecule is CCN(C(=O)Cn1nc(-c2cccc(C#N)c2)c2oc(C(=O)NC(C)(C)C)cc2c1=O)c1ccc2c(c1F)OC(F)(F)O2. The Hall–Kier alpha value is -5.32. The zero-order chi connectivity index (χ0) is 31.3. The van der Waals surface area contributed by atoms with Gasteiger partial charge in [0.25, 0.3) is 11.5 Å². The van der Waals surface area contributed by atoms with Crippen molar-refractivity contribution in [2.45, 2.75) is 46.1 Å². The molecule has 14 heteroatoms. The van der Waals surface area contributed by atoms with E-state index in [4.69, 9.17) is 4.42 Å². The normalized spacial score (nSPS) is 13.5. The predicted octanol–water partition coefficient (Wildman–Crippen LogP) is 4.57. The van der Waals surface area contributed by atoms with Gasteiger partial charge in [0.2, 0.25) is 11.7 Å². The number of rotatable bonds is 6. The van der Waals surface area contributed by atoms with Crippen LogP contribution < -0.4 is 25.2 Å². The van der Waals surface area contributed by atoms with Gasteiger partial charge in [-0.25, -0.2) is 9.07 Å². The summed E-state index contributed by atoms with van der Waals surface area (Å²) in [7, 11) is 0. The fourth-order valence-electron chi connectivity index (χ4n) is 4.50. The fraction of sp³-hybridized carbons (Fsp3) is 0.276. The zero-order valence-electron chi connectivity index (χ0n) is 23.3. The van der Waals surface area contributed by atoms with E-state index in [2.05, 4.69) is 19.9 Å². The van der Waals surface area contributed by atoms with Crippen LogP contribution in [0.4, 0.5) is 18.9 Å². The quantitative estimate of drug-likeness (QED) is 0.342. The molecule has 222 valence electrons. The average Bonchev–Trinajstić information content (AvgIpc) is 3.52. The van der Waals surface area contributed by atoms with Crippen LogP contribution in [0.2, 0.25) is 0 Å². The second kappa shape index (κ2) is 10.5. The zero-order valence-corrected chi connectivity index (χ0v) is 23.3. The second-order valence-electron chi connectivity index (χ2n) is 10.6. The van der Waals surface area contributed by atoms with E-state index in [9.17, 15) is 28.4 Å². The molecule has 5 rings (SSSR count). The van der Waals surface area contributed by atoms with Crippen LogP contribution in [0.1, 0.15) is 43.8 Å². The minimum absolute atomic E-state index is 0.0436. The van der Waals surface area contributed by atoms with Gasteiger partial charge in [0.1, 0.15) is 12.2 Å². The highest BCUT2D eigenvalue weighted by Gasteiger charge is 2.46.